The lowest BCUT2D eigenvalue weighted by Crippen LogP contribution is -2.38. The molecule has 1 N–H and O–H groups in total. The second-order valence-corrected chi connectivity index (χ2v) is 4.93. The molecule has 0 rings (SSSR count). The predicted octanol–water partition coefficient (Wildman–Crippen LogP) is 2.40. The van der Waals surface area contributed by atoms with Gasteiger partial charge in [0.1, 0.15) is 4.32 Å². The van der Waals surface area contributed by atoms with Gasteiger partial charge >= 0.3 is 5.97 Å². The van der Waals surface area contributed by atoms with E-state index in [1.165, 1.54) is 0 Å². The summed E-state index contributed by atoms with van der Waals surface area (Å²) in [6.07, 6.45) is 0.564. The summed E-state index contributed by atoms with van der Waals surface area (Å²) in [7, 11) is 0. The van der Waals surface area contributed by atoms with E-state index in [9.17, 15) is 4.79 Å². The highest BCUT2D eigenvalue weighted by atomic mass is 79.9. The predicted molar refractivity (Wildman–Crippen MR) is 48.0 cm³/mol. The van der Waals surface area contributed by atoms with E-state index in [0.29, 0.717) is 6.42 Å². The van der Waals surface area contributed by atoms with Crippen LogP contribution >= 0.6 is 31.9 Å². The van der Waals surface area contributed by atoms with Gasteiger partial charge in [0.05, 0.1) is 0 Å². The summed E-state index contributed by atoms with van der Waals surface area (Å²) in [6, 6.07) is 0. The van der Waals surface area contributed by atoms with E-state index in [4.69, 9.17) is 5.11 Å². The first-order valence-corrected chi connectivity index (χ1v) is 4.72. The Morgan fingerprint density at radius 2 is 2.20 bits per heavy atom. The minimum absolute atomic E-state index is 0.0671. The fourth-order valence-electron chi connectivity index (χ4n) is 0.603. The van der Waals surface area contributed by atoms with Crippen molar-refractivity contribution in [2.24, 2.45) is 0 Å². The number of halogens is 2. The number of alkyl halides is 2. The van der Waals surface area contributed by atoms with Gasteiger partial charge in [-0.25, -0.2) is 0 Å². The topological polar surface area (TPSA) is 37.3 Å². The van der Waals surface area contributed by atoms with Gasteiger partial charge in [-0.15, -0.1) is 0 Å². The van der Waals surface area contributed by atoms with Gasteiger partial charge in [0.25, 0.3) is 0 Å². The number of aliphatic carboxylic acids is 1. The Balaban J connectivity index is 4.38. The molecule has 0 spiro atoms. The molecule has 0 aliphatic rings. The van der Waals surface area contributed by atoms with Crippen molar-refractivity contribution in [3.05, 3.63) is 0 Å². The summed E-state index contributed by atoms with van der Waals surface area (Å²) < 4.78 is -0.812. The summed E-state index contributed by atoms with van der Waals surface area (Å²) in [6.45, 7) is 3.65. The molecule has 60 valence electrons. The normalized spacial score (nSPS) is 19.6. The molecule has 0 aliphatic carbocycles. The molecule has 0 aromatic carbocycles. The first-order chi connectivity index (χ1) is 4.45. The third-order valence-electron chi connectivity index (χ3n) is 1.50. The molecule has 0 heterocycles. The molecule has 10 heavy (non-hydrogen) atoms. The lowest BCUT2D eigenvalue weighted by molar-refractivity contribution is -0.139. The lowest BCUT2D eigenvalue weighted by Gasteiger charge is -2.23. The van der Waals surface area contributed by atoms with Crippen molar-refractivity contribution in [3.63, 3.8) is 0 Å². The Hall–Kier alpha value is 0.430. The third-order valence-corrected chi connectivity index (χ3v) is 4.48. The number of carboxylic acid groups (broad SMARTS) is 1. The van der Waals surface area contributed by atoms with Gasteiger partial charge in [-0.05, 0) is 6.42 Å². The molecule has 0 radical (unpaired) electrons. The van der Waals surface area contributed by atoms with Gasteiger partial charge in [-0.2, -0.15) is 0 Å². The van der Waals surface area contributed by atoms with Crippen molar-refractivity contribution >= 4 is 37.8 Å². The summed E-state index contributed by atoms with van der Waals surface area (Å²) >= 11 is 6.40. The third kappa shape index (κ3) is 1.95. The lowest BCUT2D eigenvalue weighted by atomic mass is 10.0. The number of hydrogen-bond donors (Lipinski definition) is 1. The Labute approximate surface area is 77.3 Å². The van der Waals surface area contributed by atoms with E-state index in [2.05, 4.69) is 31.9 Å². The van der Waals surface area contributed by atoms with Crippen molar-refractivity contribution in [2.75, 3.05) is 0 Å². The van der Waals surface area contributed by atoms with Crippen LogP contribution in [-0.2, 0) is 4.79 Å². The monoisotopic (exact) mass is 272 g/mol. The fourth-order valence-corrected chi connectivity index (χ4v) is 1.12. The molecule has 0 amide bonds. The van der Waals surface area contributed by atoms with Crippen LogP contribution in [0.1, 0.15) is 20.3 Å². The summed E-state index contributed by atoms with van der Waals surface area (Å²) in [5.41, 5.74) is 0. The summed E-state index contributed by atoms with van der Waals surface area (Å²) in [4.78, 5) is 10.5. The van der Waals surface area contributed by atoms with E-state index in [1.807, 2.05) is 13.8 Å². The van der Waals surface area contributed by atoms with E-state index < -0.39 is 10.3 Å². The van der Waals surface area contributed by atoms with Crippen LogP contribution in [0.3, 0.4) is 0 Å². The highest BCUT2D eigenvalue weighted by Gasteiger charge is 2.37. The van der Waals surface area contributed by atoms with Gasteiger partial charge in [-0.3, -0.25) is 4.79 Å². The Kier molecular flexibility index (Phi) is 3.88. The zero-order chi connectivity index (χ0) is 8.36. The van der Waals surface area contributed by atoms with E-state index in [0.717, 1.165) is 0 Å². The SMILES string of the molecule is CC[C@@](Br)(C(=O)O)[C@H](C)Br. The number of carbonyl (C=O) groups is 1. The van der Waals surface area contributed by atoms with E-state index in [-0.39, 0.29) is 4.83 Å². The first kappa shape index (κ1) is 10.4. The summed E-state index contributed by atoms with van der Waals surface area (Å²) in [5, 5.41) is 8.73. The number of rotatable bonds is 3. The molecule has 0 aromatic rings. The fraction of sp³-hybridized carbons (Fsp3) is 0.833. The molecule has 0 fully saturated rings. The van der Waals surface area contributed by atoms with Gasteiger partial charge in [0, 0.05) is 4.83 Å². The second-order valence-electron chi connectivity index (χ2n) is 2.14. The molecule has 2 atom stereocenters. The first-order valence-electron chi connectivity index (χ1n) is 3.01. The molecule has 0 saturated heterocycles. The molecule has 4 heteroatoms. The van der Waals surface area contributed by atoms with Crippen molar-refractivity contribution < 1.29 is 9.90 Å². The van der Waals surface area contributed by atoms with Gasteiger partial charge in [-0.1, -0.05) is 45.7 Å². The molecule has 0 aromatic heterocycles. The maximum Gasteiger partial charge on any atom is 0.321 e. The standard InChI is InChI=1S/C6H10Br2O2/c1-3-6(8,4(2)7)5(9)10/h4H,3H2,1-2H3,(H,9,10)/t4-,6-/m0/s1. The highest BCUT2D eigenvalue weighted by molar-refractivity contribution is 9.12. The molecule has 0 saturated carbocycles. The minimum Gasteiger partial charge on any atom is -0.480 e. The zero-order valence-electron chi connectivity index (χ0n) is 5.90. The van der Waals surface area contributed by atoms with Crippen molar-refractivity contribution in [1.82, 2.24) is 0 Å². The van der Waals surface area contributed by atoms with Crippen LogP contribution in [0.5, 0.6) is 0 Å². The quantitative estimate of drug-likeness (QED) is 0.802. The molecule has 2 nitrogen and oxygen atoms in total. The van der Waals surface area contributed by atoms with Gasteiger partial charge in [0.15, 0.2) is 0 Å². The van der Waals surface area contributed by atoms with Crippen LogP contribution in [0.15, 0.2) is 0 Å². The maximum atomic E-state index is 10.6. The molecule has 0 bridgehead atoms. The van der Waals surface area contributed by atoms with E-state index in [1.54, 1.807) is 0 Å². The Morgan fingerprint density at radius 1 is 1.80 bits per heavy atom. The average Bonchev–Trinajstić information content (AvgIpc) is 1.85. The average molecular weight is 274 g/mol. The molecule has 0 aliphatic heterocycles. The van der Waals surface area contributed by atoms with Crippen LogP contribution in [0.2, 0.25) is 0 Å². The van der Waals surface area contributed by atoms with Crippen LogP contribution in [0, 0.1) is 0 Å². The Morgan fingerprint density at radius 3 is 2.20 bits per heavy atom. The van der Waals surface area contributed by atoms with Crippen LogP contribution in [0.4, 0.5) is 0 Å². The van der Waals surface area contributed by atoms with Crippen molar-refractivity contribution in [3.8, 4) is 0 Å². The molecular weight excluding hydrogens is 264 g/mol. The Bertz CT molecular complexity index is 136. The molecular formula is C6H10Br2O2. The van der Waals surface area contributed by atoms with Crippen LogP contribution in [-0.4, -0.2) is 20.2 Å². The van der Waals surface area contributed by atoms with E-state index >= 15 is 0 Å². The van der Waals surface area contributed by atoms with Gasteiger partial charge < -0.3 is 5.11 Å². The summed E-state index contributed by atoms with van der Waals surface area (Å²) in [5.74, 6) is -0.820. The number of hydrogen-bond acceptors (Lipinski definition) is 1. The van der Waals surface area contributed by atoms with Crippen LogP contribution < -0.4 is 0 Å². The minimum atomic E-state index is -0.820. The van der Waals surface area contributed by atoms with Gasteiger partial charge in [0.2, 0.25) is 0 Å². The maximum absolute atomic E-state index is 10.6. The zero-order valence-corrected chi connectivity index (χ0v) is 9.07. The second kappa shape index (κ2) is 3.72. The largest absolute Gasteiger partial charge is 0.480 e. The highest BCUT2D eigenvalue weighted by Crippen LogP contribution is 2.31. The number of carboxylic acids is 1. The van der Waals surface area contributed by atoms with Crippen molar-refractivity contribution in [1.29, 1.82) is 0 Å². The van der Waals surface area contributed by atoms with Crippen LogP contribution in [0.25, 0.3) is 0 Å². The molecule has 0 unspecified atom stereocenters. The van der Waals surface area contributed by atoms with Crippen molar-refractivity contribution in [2.45, 2.75) is 29.4 Å². The smallest absolute Gasteiger partial charge is 0.321 e.